The molecule has 6 heteroatoms. The molecule has 1 aliphatic heterocycles. The van der Waals surface area contributed by atoms with E-state index in [0.717, 1.165) is 41.2 Å². The first-order valence-corrected chi connectivity index (χ1v) is 9.36. The first-order chi connectivity index (χ1) is 12.3. The second-order valence-corrected chi connectivity index (χ2v) is 7.08. The molecule has 0 bridgehead atoms. The van der Waals surface area contributed by atoms with Gasteiger partial charge in [0.1, 0.15) is 0 Å². The summed E-state index contributed by atoms with van der Waals surface area (Å²) in [5.41, 5.74) is 4.42. The van der Waals surface area contributed by atoms with E-state index in [0.29, 0.717) is 13.1 Å². The first kappa shape index (κ1) is 16.1. The van der Waals surface area contributed by atoms with E-state index in [1.807, 2.05) is 40.7 Å². The van der Waals surface area contributed by atoms with Gasteiger partial charge in [-0.2, -0.15) is 5.10 Å². The molecule has 3 heterocycles. The van der Waals surface area contributed by atoms with Gasteiger partial charge in [-0.3, -0.25) is 9.89 Å². The number of hydrogen-bond donors (Lipinski definition) is 2. The number of thiophene rings is 1. The zero-order valence-corrected chi connectivity index (χ0v) is 14.7. The number of aromatic amines is 1. The average Bonchev–Trinajstić information content (AvgIpc) is 3.32. The van der Waals surface area contributed by atoms with Crippen molar-refractivity contribution in [3.05, 3.63) is 59.1 Å². The number of nitrogens with zero attached hydrogens (tertiary/aromatic N) is 2. The van der Waals surface area contributed by atoms with E-state index in [9.17, 15) is 4.79 Å². The zero-order valence-electron chi connectivity index (χ0n) is 13.9. The number of benzene rings is 1. The molecule has 1 aromatic carbocycles. The van der Waals surface area contributed by atoms with Crippen molar-refractivity contribution in [2.24, 2.45) is 0 Å². The van der Waals surface area contributed by atoms with E-state index < -0.39 is 0 Å². The lowest BCUT2D eigenvalue weighted by molar-refractivity contribution is -0.117. The Morgan fingerprint density at radius 3 is 3.08 bits per heavy atom. The summed E-state index contributed by atoms with van der Waals surface area (Å²) in [5.74, 6) is 0.119. The lowest BCUT2D eigenvalue weighted by atomic mass is 10.0. The van der Waals surface area contributed by atoms with Gasteiger partial charge in [0, 0.05) is 24.3 Å². The Bertz CT molecular complexity index is 856. The molecule has 25 heavy (non-hydrogen) atoms. The van der Waals surface area contributed by atoms with Crippen molar-refractivity contribution in [2.75, 3.05) is 18.0 Å². The summed E-state index contributed by atoms with van der Waals surface area (Å²) in [6, 6.07) is 12.3. The molecule has 3 aromatic rings. The summed E-state index contributed by atoms with van der Waals surface area (Å²) < 4.78 is 0. The third-order valence-corrected chi connectivity index (χ3v) is 5.38. The highest BCUT2D eigenvalue weighted by atomic mass is 32.1. The number of hydrogen-bond acceptors (Lipinski definition) is 4. The summed E-state index contributed by atoms with van der Waals surface area (Å²) >= 11 is 1.68. The number of fused-ring (bicyclic) bond motifs is 1. The van der Waals surface area contributed by atoms with Crippen LogP contribution in [0.25, 0.3) is 10.6 Å². The molecule has 0 radical (unpaired) electrons. The Labute approximate surface area is 150 Å². The number of carbonyl (C=O) groups is 1. The number of amides is 1. The molecule has 0 saturated heterocycles. The third kappa shape index (κ3) is 3.36. The van der Waals surface area contributed by atoms with E-state index in [2.05, 4.69) is 27.6 Å². The van der Waals surface area contributed by atoms with Crippen molar-refractivity contribution >= 4 is 22.9 Å². The molecule has 4 rings (SSSR count). The molecule has 0 saturated carbocycles. The molecule has 1 amide bonds. The van der Waals surface area contributed by atoms with E-state index in [-0.39, 0.29) is 5.91 Å². The van der Waals surface area contributed by atoms with Crippen molar-refractivity contribution in [1.29, 1.82) is 0 Å². The molecule has 0 atom stereocenters. The minimum atomic E-state index is 0.119. The Hall–Kier alpha value is -2.44. The molecule has 2 aromatic heterocycles. The Kier molecular flexibility index (Phi) is 4.63. The van der Waals surface area contributed by atoms with Crippen LogP contribution in [-0.4, -0.2) is 29.2 Å². The van der Waals surface area contributed by atoms with Gasteiger partial charge < -0.3 is 10.2 Å². The minimum absolute atomic E-state index is 0.119. The first-order valence-electron chi connectivity index (χ1n) is 8.48. The number of aryl methyl sites for hydroxylation is 1. The highest BCUT2D eigenvalue weighted by molar-refractivity contribution is 7.13. The number of H-pyrrole nitrogens is 1. The van der Waals surface area contributed by atoms with Crippen molar-refractivity contribution in [3.8, 4) is 10.6 Å². The molecular formula is C19H20N4OS. The zero-order chi connectivity index (χ0) is 17.1. The average molecular weight is 352 g/mol. The van der Waals surface area contributed by atoms with Crippen molar-refractivity contribution in [2.45, 2.75) is 19.4 Å². The molecule has 0 spiro atoms. The molecular weight excluding hydrogens is 332 g/mol. The predicted molar refractivity (Wildman–Crippen MR) is 101 cm³/mol. The number of nitrogens with one attached hydrogen (secondary N) is 2. The van der Waals surface area contributed by atoms with Crippen LogP contribution in [0.15, 0.2) is 48.0 Å². The number of carbonyl (C=O) groups excluding carboxylic acids is 1. The van der Waals surface area contributed by atoms with Gasteiger partial charge in [-0.25, -0.2) is 0 Å². The second-order valence-electron chi connectivity index (χ2n) is 6.13. The van der Waals surface area contributed by atoms with Crippen molar-refractivity contribution in [1.82, 2.24) is 15.5 Å². The molecule has 0 aliphatic carbocycles. The SMILES string of the molecule is O=C(CNCc1cn[nH]c1-c1cccs1)N1CCCc2ccccc21. The minimum Gasteiger partial charge on any atom is -0.311 e. The fraction of sp³-hybridized carbons (Fsp3) is 0.263. The number of rotatable bonds is 5. The summed E-state index contributed by atoms with van der Waals surface area (Å²) in [7, 11) is 0. The lowest BCUT2D eigenvalue weighted by Gasteiger charge is -2.29. The van der Waals surface area contributed by atoms with Gasteiger partial charge in [-0.05, 0) is 35.9 Å². The maximum Gasteiger partial charge on any atom is 0.240 e. The quantitative estimate of drug-likeness (QED) is 0.741. The van der Waals surface area contributed by atoms with Gasteiger partial charge in [0.15, 0.2) is 0 Å². The summed E-state index contributed by atoms with van der Waals surface area (Å²) in [6.45, 7) is 1.73. The molecule has 1 aliphatic rings. The largest absolute Gasteiger partial charge is 0.311 e. The van der Waals surface area contributed by atoms with Crippen molar-refractivity contribution in [3.63, 3.8) is 0 Å². The van der Waals surface area contributed by atoms with Gasteiger partial charge in [-0.1, -0.05) is 24.3 Å². The fourth-order valence-corrected chi connectivity index (χ4v) is 4.03. The van der Waals surface area contributed by atoms with E-state index in [1.54, 1.807) is 11.3 Å². The molecule has 0 fully saturated rings. The van der Waals surface area contributed by atoms with Crippen LogP contribution in [0.3, 0.4) is 0 Å². The number of anilines is 1. The molecule has 0 unspecified atom stereocenters. The highest BCUT2D eigenvalue weighted by Gasteiger charge is 2.21. The van der Waals surface area contributed by atoms with E-state index in [1.165, 1.54) is 5.56 Å². The summed E-state index contributed by atoms with van der Waals surface area (Å²) in [6.07, 6.45) is 3.89. The Morgan fingerprint density at radius 2 is 2.20 bits per heavy atom. The third-order valence-electron chi connectivity index (χ3n) is 4.49. The topological polar surface area (TPSA) is 61.0 Å². The Morgan fingerprint density at radius 1 is 1.28 bits per heavy atom. The predicted octanol–water partition coefficient (Wildman–Crippen LogP) is 3.21. The Balaban J connectivity index is 1.39. The van der Waals surface area contributed by atoms with E-state index >= 15 is 0 Å². The lowest BCUT2D eigenvalue weighted by Crippen LogP contribution is -2.41. The van der Waals surface area contributed by atoms with Crippen LogP contribution in [0.1, 0.15) is 17.5 Å². The van der Waals surface area contributed by atoms with Crippen LogP contribution < -0.4 is 10.2 Å². The highest BCUT2D eigenvalue weighted by Crippen LogP contribution is 2.27. The van der Waals surface area contributed by atoms with Crippen LogP contribution in [0.4, 0.5) is 5.69 Å². The smallest absolute Gasteiger partial charge is 0.240 e. The normalized spacial score (nSPS) is 13.7. The second kappa shape index (κ2) is 7.21. The monoisotopic (exact) mass is 352 g/mol. The standard InChI is InChI=1S/C19H20N4OS/c24-18(23-9-3-6-14-5-1-2-7-16(14)23)13-20-11-15-12-21-22-19(15)17-8-4-10-25-17/h1-2,4-5,7-8,10,12,20H,3,6,9,11,13H2,(H,21,22). The molecule has 2 N–H and O–H groups in total. The van der Waals surface area contributed by atoms with Crippen LogP contribution in [0, 0.1) is 0 Å². The molecule has 5 nitrogen and oxygen atoms in total. The fourth-order valence-electron chi connectivity index (χ4n) is 3.27. The number of aromatic nitrogens is 2. The number of para-hydroxylation sites is 1. The van der Waals surface area contributed by atoms with Gasteiger partial charge >= 0.3 is 0 Å². The van der Waals surface area contributed by atoms with Gasteiger partial charge in [-0.15, -0.1) is 11.3 Å². The van der Waals surface area contributed by atoms with Crippen LogP contribution in [-0.2, 0) is 17.8 Å². The van der Waals surface area contributed by atoms with Crippen LogP contribution >= 0.6 is 11.3 Å². The molecule has 128 valence electrons. The van der Waals surface area contributed by atoms with Gasteiger partial charge in [0.25, 0.3) is 0 Å². The van der Waals surface area contributed by atoms with Gasteiger partial charge in [0.05, 0.1) is 23.3 Å². The van der Waals surface area contributed by atoms with Crippen LogP contribution in [0.5, 0.6) is 0 Å². The van der Waals surface area contributed by atoms with Gasteiger partial charge in [0.2, 0.25) is 5.91 Å². The van der Waals surface area contributed by atoms with Crippen LogP contribution in [0.2, 0.25) is 0 Å². The van der Waals surface area contributed by atoms with Crippen molar-refractivity contribution < 1.29 is 4.79 Å². The maximum atomic E-state index is 12.6. The summed E-state index contributed by atoms with van der Waals surface area (Å²) in [5, 5.41) is 12.5. The summed E-state index contributed by atoms with van der Waals surface area (Å²) in [4.78, 5) is 15.7. The maximum absolute atomic E-state index is 12.6. The van der Waals surface area contributed by atoms with E-state index in [4.69, 9.17) is 0 Å².